The zero-order valence-electron chi connectivity index (χ0n) is 9.75. The second kappa shape index (κ2) is 4.75. The van der Waals surface area contributed by atoms with Crippen molar-refractivity contribution in [3.05, 3.63) is 57.0 Å². The Balaban J connectivity index is 2.44. The molecule has 0 bridgehead atoms. The molecular weight excluding hydrogens is 353 g/mol. The highest BCUT2D eigenvalue weighted by Gasteiger charge is 2.17. The van der Waals surface area contributed by atoms with E-state index in [1.807, 2.05) is 0 Å². The molecule has 20 heavy (non-hydrogen) atoms. The summed E-state index contributed by atoms with van der Waals surface area (Å²) >= 11 is 8.38. The maximum atomic E-state index is 13.9. The van der Waals surface area contributed by atoms with E-state index in [2.05, 4.69) is 20.9 Å². The SMILES string of the molecule is Fc1cc(F)c(-n2c(=S)[nH]c3ccc(Br)cc32)c(F)c1. The number of aromatic amines is 1. The van der Waals surface area contributed by atoms with Crippen LogP contribution in [0.25, 0.3) is 16.7 Å². The van der Waals surface area contributed by atoms with E-state index in [1.54, 1.807) is 18.2 Å². The average Bonchev–Trinajstić information content (AvgIpc) is 2.65. The van der Waals surface area contributed by atoms with Gasteiger partial charge in [0.25, 0.3) is 0 Å². The third-order valence-electron chi connectivity index (χ3n) is 2.85. The third-order valence-corrected chi connectivity index (χ3v) is 3.63. The van der Waals surface area contributed by atoms with Crippen LogP contribution in [0.4, 0.5) is 13.2 Å². The van der Waals surface area contributed by atoms with E-state index < -0.39 is 23.1 Å². The highest BCUT2D eigenvalue weighted by Crippen LogP contribution is 2.26. The predicted octanol–water partition coefficient (Wildman–Crippen LogP) is 4.87. The molecule has 0 aliphatic rings. The fourth-order valence-electron chi connectivity index (χ4n) is 2.05. The van der Waals surface area contributed by atoms with Gasteiger partial charge in [0.05, 0.1) is 11.0 Å². The van der Waals surface area contributed by atoms with Gasteiger partial charge in [-0.05, 0) is 30.4 Å². The molecule has 0 saturated carbocycles. The maximum absolute atomic E-state index is 13.9. The molecule has 2 nitrogen and oxygen atoms in total. The molecule has 0 saturated heterocycles. The molecule has 0 unspecified atom stereocenters. The van der Waals surface area contributed by atoms with Crippen LogP contribution in [0.1, 0.15) is 0 Å². The zero-order chi connectivity index (χ0) is 14.4. The van der Waals surface area contributed by atoms with Gasteiger partial charge in [-0.1, -0.05) is 15.9 Å². The molecule has 102 valence electrons. The second-order valence-electron chi connectivity index (χ2n) is 4.15. The van der Waals surface area contributed by atoms with Crippen LogP contribution in [0, 0.1) is 22.2 Å². The number of nitrogens with zero attached hydrogens (tertiary/aromatic N) is 1. The molecule has 1 aromatic heterocycles. The Labute approximate surface area is 125 Å². The van der Waals surface area contributed by atoms with Crippen LogP contribution in [0.5, 0.6) is 0 Å². The van der Waals surface area contributed by atoms with E-state index in [-0.39, 0.29) is 4.77 Å². The van der Waals surface area contributed by atoms with E-state index in [1.165, 1.54) is 4.57 Å². The molecule has 0 radical (unpaired) electrons. The largest absolute Gasteiger partial charge is 0.330 e. The molecule has 0 spiro atoms. The first-order valence-electron chi connectivity index (χ1n) is 5.52. The van der Waals surface area contributed by atoms with Crippen molar-refractivity contribution < 1.29 is 13.2 Å². The fraction of sp³-hybridized carbons (Fsp3) is 0. The van der Waals surface area contributed by atoms with Crippen molar-refractivity contribution in [2.45, 2.75) is 0 Å². The summed E-state index contributed by atoms with van der Waals surface area (Å²) in [5, 5.41) is 0. The smallest absolute Gasteiger partial charge is 0.182 e. The Bertz CT molecular complexity index is 862. The van der Waals surface area contributed by atoms with Gasteiger partial charge in [-0.25, -0.2) is 13.2 Å². The highest BCUT2D eigenvalue weighted by atomic mass is 79.9. The summed E-state index contributed by atoms with van der Waals surface area (Å²) in [5.74, 6) is -3.00. The van der Waals surface area contributed by atoms with Crippen molar-refractivity contribution in [3.8, 4) is 5.69 Å². The van der Waals surface area contributed by atoms with Gasteiger partial charge in [0, 0.05) is 16.6 Å². The van der Waals surface area contributed by atoms with Crippen molar-refractivity contribution in [3.63, 3.8) is 0 Å². The second-order valence-corrected chi connectivity index (χ2v) is 5.45. The Morgan fingerprint density at radius 3 is 2.35 bits per heavy atom. The summed E-state index contributed by atoms with van der Waals surface area (Å²) < 4.78 is 42.9. The van der Waals surface area contributed by atoms with E-state index >= 15 is 0 Å². The summed E-state index contributed by atoms with van der Waals surface area (Å²) in [5.41, 5.74) is 0.718. The number of hydrogen-bond donors (Lipinski definition) is 1. The van der Waals surface area contributed by atoms with Crippen molar-refractivity contribution in [2.24, 2.45) is 0 Å². The number of nitrogens with one attached hydrogen (secondary N) is 1. The first kappa shape index (κ1) is 13.4. The van der Waals surface area contributed by atoms with Gasteiger partial charge >= 0.3 is 0 Å². The lowest BCUT2D eigenvalue weighted by atomic mass is 10.2. The summed E-state index contributed by atoms with van der Waals surface area (Å²) in [6.45, 7) is 0. The molecule has 0 aliphatic heterocycles. The maximum Gasteiger partial charge on any atom is 0.182 e. The topological polar surface area (TPSA) is 20.7 Å². The van der Waals surface area contributed by atoms with Gasteiger partial charge in [-0.2, -0.15) is 0 Å². The summed E-state index contributed by atoms with van der Waals surface area (Å²) in [4.78, 5) is 2.85. The molecule has 3 rings (SSSR count). The van der Waals surface area contributed by atoms with Gasteiger partial charge in [0.2, 0.25) is 0 Å². The van der Waals surface area contributed by atoms with Crippen LogP contribution >= 0.6 is 28.1 Å². The van der Waals surface area contributed by atoms with E-state index in [9.17, 15) is 13.2 Å². The minimum atomic E-state index is -1.01. The average molecular weight is 359 g/mol. The molecule has 0 aliphatic carbocycles. The fourth-order valence-corrected chi connectivity index (χ4v) is 2.69. The van der Waals surface area contributed by atoms with Crippen LogP contribution in [-0.2, 0) is 0 Å². The molecule has 3 aromatic rings. The number of imidazole rings is 1. The van der Waals surface area contributed by atoms with Crippen molar-refractivity contribution in [1.82, 2.24) is 9.55 Å². The Kier molecular flexibility index (Phi) is 3.18. The van der Waals surface area contributed by atoms with Crippen molar-refractivity contribution in [2.75, 3.05) is 0 Å². The number of H-pyrrole nitrogens is 1. The molecule has 7 heteroatoms. The highest BCUT2D eigenvalue weighted by molar-refractivity contribution is 9.10. The number of fused-ring (bicyclic) bond motifs is 1. The lowest BCUT2D eigenvalue weighted by molar-refractivity contribution is 0.535. The summed E-state index contributed by atoms with van der Waals surface area (Å²) in [7, 11) is 0. The number of hydrogen-bond acceptors (Lipinski definition) is 1. The normalized spacial score (nSPS) is 11.2. The van der Waals surface area contributed by atoms with Gasteiger partial charge in [-0.3, -0.25) is 4.57 Å². The zero-order valence-corrected chi connectivity index (χ0v) is 12.2. The van der Waals surface area contributed by atoms with Gasteiger partial charge in [0.1, 0.15) is 11.5 Å². The third kappa shape index (κ3) is 2.06. The molecule has 2 aromatic carbocycles. The van der Waals surface area contributed by atoms with Crippen LogP contribution in [0.3, 0.4) is 0 Å². The van der Waals surface area contributed by atoms with Crippen molar-refractivity contribution >= 4 is 39.2 Å². The molecular formula is C13H6BrF3N2S. The first-order valence-corrected chi connectivity index (χ1v) is 6.72. The monoisotopic (exact) mass is 358 g/mol. The van der Waals surface area contributed by atoms with Crippen molar-refractivity contribution in [1.29, 1.82) is 0 Å². The minimum absolute atomic E-state index is 0.127. The quantitative estimate of drug-likeness (QED) is 0.615. The lowest BCUT2D eigenvalue weighted by Crippen LogP contribution is -2.02. The van der Waals surface area contributed by atoms with Crippen LogP contribution in [-0.4, -0.2) is 9.55 Å². The van der Waals surface area contributed by atoms with Crippen LogP contribution < -0.4 is 0 Å². The number of rotatable bonds is 1. The van der Waals surface area contributed by atoms with Gasteiger partial charge < -0.3 is 4.98 Å². The Morgan fingerprint density at radius 2 is 1.70 bits per heavy atom. The standard InChI is InChI=1S/C13H6BrF3N2S/c14-6-1-2-10-11(3-6)19(13(20)18-10)12-8(16)4-7(15)5-9(12)17/h1-5H,(H,18,20). The molecule has 1 heterocycles. The number of aromatic nitrogens is 2. The van der Waals surface area contributed by atoms with Gasteiger partial charge in [-0.15, -0.1) is 0 Å². The Hall–Kier alpha value is -1.60. The number of benzene rings is 2. The van der Waals surface area contributed by atoms with E-state index in [0.717, 1.165) is 4.47 Å². The first-order chi connectivity index (χ1) is 9.47. The molecule has 0 atom stereocenters. The van der Waals surface area contributed by atoms with E-state index in [0.29, 0.717) is 23.2 Å². The van der Waals surface area contributed by atoms with E-state index in [4.69, 9.17) is 12.2 Å². The summed E-state index contributed by atoms with van der Waals surface area (Å²) in [6.07, 6.45) is 0. The van der Waals surface area contributed by atoms with Gasteiger partial charge in [0.15, 0.2) is 16.4 Å². The van der Waals surface area contributed by atoms with Crippen LogP contribution in [0.2, 0.25) is 0 Å². The minimum Gasteiger partial charge on any atom is -0.330 e. The van der Waals surface area contributed by atoms with Crippen LogP contribution in [0.15, 0.2) is 34.8 Å². The molecule has 1 N–H and O–H groups in total. The molecule has 0 fully saturated rings. The predicted molar refractivity (Wildman–Crippen MR) is 76.0 cm³/mol. The Morgan fingerprint density at radius 1 is 1.05 bits per heavy atom. The lowest BCUT2D eigenvalue weighted by Gasteiger charge is -2.08. The molecule has 0 amide bonds. The summed E-state index contributed by atoms with van der Waals surface area (Å²) in [6, 6.07) is 6.41. The number of halogens is 4.